The molecule has 1 amide bonds. The summed E-state index contributed by atoms with van der Waals surface area (Å²) in [7, 11) is -1.64. The van der Waals surface area contributed by atoms with E-state index in [0.29, 0.717) is 51.9 Å². The molecule has 258 valence electrons. The molecule has 4 aromatic rings. The van der Waals surface area contributed by atoms with Crippen molar-refractivity contribution in [2.24, 2.45) is 0 Å². The molecule has 0 spiro atoms. The van der Waals surface area contributed by atoms with Gasteiger partial charge in [0, 0.05) is 47.4 Å². The number of sulfonamides is 1. The van der Waals surface area contributed by atoms with Crippen molar-refractivity contribution in [1.82, 2.24) is 14.2 Å². The number of hydrogen-bond donors (Lipinski definition) is 2. The van der Waals surface area contributed by atoms with Crippen LogP contribution in [0.15, 0.2) is 77.3 Å². The highest BCUT2D eigenvalue weighted by Crippen LogP contribution is 2.40. The smallest absolute Gasteiger partial charge is 0.331 e. The number of carbonyl (C=O) groups is 2. The van der Waals surface area contributed by atoms with Crippen LogP contribution in [0.1, 0.15) is 30.9 Å². The SMILES string of the molecule is CCCCn1ncc(/C=C(\Cc2cc3c(cc2OC)OCO3)C(=O)O)c1-c1ccc(OC)cc1OCC(=O)N(O)S(=O)(=O)c1ccccc1. The molecule has 3 aromatic carbocycles. The molecule has 5 rings (SSSR count). The fourth-order valence-corrected chi connectivity index (χ4v) is 6.14. The van der Waals surface area contributed by atoms with E-state index in [2.05, 4.69) is 5.10 Å². The molecule has 14 nitrogen and oxygen atoms in total. The number of carboxylic acid groups (broad SMARTS) is 1. The van der Waals surface area contributed by atoms with Gasteiger partial charge in [-0.05, 0) is 42.8 Å². The minimum absolute atomic E-state index is 0.0154. The molecule has 0 radical (unpaired) electrons. The van der Waals surface area contributed by atoms with Crippen molar-refractivity contribution >= 4 is 28.0 Å². The van der Waals surface area contributed by atoms with Crippen molar-refractivity contribution in [2.45, 2.75) is 37.6 Å². The van der Waals surface area contributed by atoms with Gasteiger partial charge in [0.15, 0.2) is 18.1 Å². The van der Waals surface area contributed by atoms with E-state index in [0.717, 1.165) is 12.8 Å². The Bertz CT molecular complexity index is 1970. The molecule has 1 aliphatic rings. The van der Waals surface area contributed by atoms with Crippen molar-refractivity contribution in [2.75, 3.05) is 27.6 Å². The minimum Gasteiger partial charge on any atom is -0.497 e. The number of unbranched alkanes of at least 4 members (excludes halogenated alkanes) is 1. The number of hydrogen-bond acceptors (Lipinski definition) is 11. The number of hydroxylamine groups is 1. The fourth-order valence-electron chi connectivity index (χ4n) is 5.12. The van der Waals surface area contributed by atoms with Gasteiger partial charge >= 0.3 is 5.97 Å². The third-order valence-electron chi connectivity index (χ3n) is 7.63. The predicted molar refractivity (Wildman–Crippen MR) is 175 cm³/mol. The van der Waals surface area contributed by atoms with Crippen molar-refractivity contribution in [3.63, 3.8) is 0 Å². The number of nitrogens with zero attached hydrogens (tertiary/aromatic N) is 3. The number of aryl methyl sites for hydroxylation is 1. The number of ether oxygens (including phenoxy) is 5. The Balaban J connectivity index is 1.52. The minimum atomic E-state index is -4.56. The molecular weight excluding hydrogens is 658 g/mol. The van der Waals surface area contributed by atoms with E-state index in [4.69, 9.17) is 23.7 Å². The number of rotatable bonds is 15. The van der Waals surface area contributed by atoms with Crippen LogP contribution in [0.25, 0.3) is 17.3 Å². The van der Waals surface area contributed by atoms with Crippen molar-refractivity contribution in [3.8, 4) is 40.0 Å². The van der Waals surface area contributed by atoms with E-state index in [-0.39, 0.29) is 33.9 Å². The number of carbonyl (C=O) groups excluding carboxylic acids is 1. The Morgan fingerprint density at radius 2 is 1.76 bits per heavy atom. The second-order valence-electron chi connectivity index (χ2n) is 10.8. The first-order valence-electron chi connectivity index (χ1n) is 15.2. The fraction of sp³-hybridized carbons (Fsp3) is 0.265. The van der Waals surface area contributed by atoms with Gasteiger partial charge in [-0.1, -0.05) is 31.5 Å². The summed E-state index contributed by atoms with van der Waals surface area (Å²) in [6, 6.07) is 15.1. The second-order valence-corrected chi connectivity index (χ2v) is 12.6. The van der Waals surface area contributed by atoms with Crippen LogP contribution in [-0.4, -0.2) is 72.5 Å². The number of carboxylic acids is 1. The number of methoxy groups -OCH3 is 2. The average Bonchev–Trinajstić information content (AvgIpc) is 3.74. The second kappa shape index (κ2) is 15.1. The molecule has 2 N–H and O–H groups in total. The lowest BCUT2D eigenvalue weighted by molar-refractivity contribution is -0.148. The number of aromatic nitrogens is 2. The Morgan fingerprint density at radius 3 is 2.43 bits per heavy atom. The van der Waals surface area contributed by atoms with Crippen LogP contribution in [0.4, 0.5) is 0 Å². The van der Waals surface area contributed by atoms with E-state index < -0.39 is 28.5 Å². The van der Waals surface area contributed by atoms with Crippen molar-refractivity contribution in [1.29, 1.82) is 0 Å². The molecule has 49 heavy (non-hydrogen) atoms. The standard InChI is InChI=1S/C34H35N3O11S/c1-4-5-13-36-33(24(19-35-36)15-23(34(39)40)14-22-16-30-31(48-21-47-30)18-28(22)45-3)27-12-11-25(44-2)17-29(27)46-20-32(38)37(41)49(42,43)26-9-7-6-8-10-26/h6-12,15-19,41H,4-5,13-14,20-21H2,1-3H3,(H,39,40)/b23-15+. The quantitative estimate of drug-likeness (QED) is 0.0991. The van der Waals surface area contributed by atoms with Crippen LogP contribution in [0.3, 0.4) is 0 Å². The maximum atomic E-state index is 12.9. The van der Waals surface area contributed by atoms with Crippen LogP contribution in [0.5, 0.6) is 28.7 Å². The van der Waals surface area contributed by atoms with Crippen LogP contribution >= 0.6 is 0 Å². The first-order chi connectivity index (χ1) is 23.6. The molecule has 1 aromatic heterocycles. The van der Waals surface area contributed by atoms with E-state index in [1.54, 1.807) is 35.0 Å². The summed E-state index contributed by atoms with van der Waals surface area (Å²) in [6.07, 6.45) is 4.60. The normalized spacial score (nSPS) is 12.4. The third kappa shape index (κ3) is 7.63. The van der Waals surface area contributed by atoms with Crippen LogP contribution in [0.2, 0.25) is 0 Å². The van der Waals surface area contributed by atoms with Gasteiger partial charge in [0.2, 0.25) is 6.79 Å². The van der Waals surface area contributed by atoms with E-state index >= 15 is 0 Å². The zero-order chi connectivity index (χ0) is 35.1. The number of amides is 1. The maximum Gasteiger partial charge on any atom is 0.331 e. The molecule has 0 bridgehead atoms. The highest BCUT2D eigenvalue weighted by molar-refractivity contribution is 7.89. The summed E-state index contributed by atoms with van der Waals surface area (Å²) >= 11 is 0. The molecule has 1 aliphatic heterocycles. The first-order valence-corrected chi connectivity index (χ1v) is 16.6. The molecule has 0 aliphatic carbocycles. The van der Waals surface area contributed by atoms with Crippen molar-refractivity contribution in [3.05, 3.63) is 83.6 Å². The lowest BCUT2D eigenvalue weighted by atomic mass is 9.99. The van der Waals surface area contributed by atoms with E-state index in [1.165, 1.54) is 56.8 Å². The average molecular weight is 694 g/mol. The summed E-state index contributed by atoms with van der Waals surface area (Å²) in [5.74, 6) is -0.565. The van der Waals surface area contributed by atoms with Gasteiger partial charge in [0.1, 0.15) is 17.2 Å². The Kier molecular flexibility index (Phi) is 10.7. The summed E-state index contributed by atoms with van der Waals surface area (Å²) in [6.45, 7) is 1.67. The lowest BCUT2D eigenvalue weighted by Gasteiger charge is -2.18. The highest BCUT2D eigenvalue weighted by atomic mass is 32.2. The third-order valence-corrected chi connectivity index (χ3v) is 9.16. The molecule has 0 atom stereocenters. The van der Waals surface area contributed by atoms with Gasteiger partial charge in [0.05, 0.1) is 31.0 Å². The Labute approximate surface area is 282 Å². The number of aliphatic carboxylic acids is 1. The molecule has 0 unspecified atom stereocenters. The van der Waals surface area contributed by atoms with Gasteiger partial charge in [-0.3, -0.25) is 14.7 Å². The van der Waals surface area contributed by atoms with Gasteiger partial charge in [-0.25, -0.2) is 4.79 Å². The van der Waals surface area contributed by atoms with Crippen LogP contribution in [0, 0.1) is 0 Å². The van der Waals surface area contributed by atoms with Gasteiger partial charge in [-0.15, -0.1) is 4.47 Å². The zero-order valence-electron chi connectivity index (χ0n) is 27.0. The molecule has 2 heterocycles. The zero-order valence-corrected chi connectivity index (χ0v) is 27.8. The maximum absolute atomic E-state index is 12.9. The monoisotopic (exact) mass is 693 g/mol. The largest absolute Gasteiger partial charge is 0.497 e. The van der Waals surface area contributed by atoms with Gasteiger partial charge < -0.3 is 28.8 Å². The lowest BCUT2D eigenvalue weighted by Crippen LogP contribution is -2.37. The Hall–Kier alpha value is -5.54. The van der Waals surface area contributed by atoms with Crippen LogP contribution < -0.4 is 23.7 Å². The van der Waals surface area contributed by atoms with Crippen LogP contribution in [-0.2, 0) is 32.6 Å². The number of fused-ring (bicyclic) bond motifs is 1. The van der Waals surface area contributed by atoms with Gasteiger partial charge in [0.25, 0.3) is 15.9 Å². The number of benzene rings is 3. The highest BCUT2D eigenvalue weighted by Gasteiger charge is 2.29. The van der Waals surface area contributed by atoms with Crippen molar-refractivity contribution < 1.29 is 52.0 Å². The summed E-state index contributed by atoms with van der Waals surface area (Å²) in [5, 5.41) is 25.2. The molecule has 0 saturated heterocycles. The summed E-state index contributed by atoms with van der Waals surface area (Å²) < 4.78 is 54.6. The topological polar surface area (TPSA) is 176 Å². The molecule has 0 fully saturated rings. The van der Waals surface area contributed by atoms with E-state index in [1.807, 2.05) is 6.92 Å². The molecule has 15 heteroatoms. The summed E-state index contributed by atoms with van der Waals surface area (Å²) in [4.78, 5) is 25.2. The Morgan fingerprint density at radius 1 is 1.02 bits per heavy atom. The first kappa shape index (κ1) is 34.8. The molecule has 0 saturated carbocycles. The summed E-state index contributed by atoms with van der Waals surface area (Å²) in [5.41, 5.74) is 1.90. The van der Waals surface area contributed by atoms with E-state index in [9.17, 15) is 28.3 Å². The predicted octanol–water partition coefficient (Wildman–Crippen LogP) is 4.79. The van der Waals surface area contributed by atoms with Gasteiger partial charge in [-0.2, -0.15) is 13.5 Å². The molecular formula is C34H35N3O11S.